The molecule has 0 saturated heterocycles. The zero-order valence-electron chi connectivity index (χ0n) is 27.4. The van der Waals surface area contributed by atoms with E-state index in [2.05, 4.69) is 4.98 Å². The molecule has 0 aliphatic carbocycles. The molecule has 4 rings (SSSR count). The third kappa shape index (κ3) is 6.07. The quantitative estimate of drug-likeness (QED) is 0.177. The van der Waals surface area contributed by atoms with Crippen LogP contribution >= 0.6 is 11.3 Å². The fraction of sp³-hybridized carbons (Fsp3) is 0.500. The molecule has 1 aromatic carbocycles. The summed E-state index contributed by atoms with van der Waals surface area (Å²) in [5, 5.41) is 0.0399. The summed E-state index contributed by atoms with van der Waals surface area (Å²) in [5.41, 5.74) is -1.49. The van der Waals surface area contributed by atoms with E-state index in [9.17, 15) is 14.4 Å². The van der Waals surface area contributed by atoms with E-state index in [-0.39, 0.29) is 17.7 Å². The van der Waals surface area contributed by atoms with Crippen molar-refractivity contribution in [3.8, 4) is 16.5 Å². The Morgan fingerprint density at radius 3 is 2.34 bits per heavy atom. The van der Waals surface area contributed by atoms with Gasteiger partial charge in [0.25, 0.3) is 13.9 Å². The van der Waals surface area contributed by atoms with Gasteiger partial charge in [0, 0.05) is 5.56 Å². The van der Waals surface area contributed by atoms with Gasteiger partial charge in [-0.1, -0.05) is 39.0 Å². The average molecular weight is 642 g/mol. The largest absolute Gasteiger partial charge is 0.517 e. The van der Waals surface area contributed by atoms with Crippen LogP contribution in [0.15, 0.2) is 50.7 Å². The second kappa shape index (κ2) is 12.1. The molecule has 0 bridgehead atoms. The molecule has 4 aromatic rings. The number of carbonyl (C=O) groups excluding carboxylic acids is 1. The van der Waals surface area contributed by atoms with E-state index >= 15 is 0 Å². The second-order valence-electron chi connectivity index (χ2n) is 13.2. The summed E-state index contributed by atoms with van der Waals surface area (Å²) in [7, 11) is -1.00. The number of aryl methyl sites for hydroxylation is 1. The molecule has 3 aromatic heterocycles. The predicted octanol–water partition coefficient (Wildman–Crippen LogP) is 6.65. The zero-order chi connectivity index (χ0) is 32.8. The lowest BCUT2D eigenvalue weighted by Gasteiger charge is -2.38. The lowest BCUT2D eigenvalue weighted by molar-refractivity contribution is -0.144. The molecule has 0 fully saturated rings. The van der Waals surface area contributed by atoms with E-state index < -0.39 is 37.2 Å². The molecule has 238 valence electrons. The van der Waals surface area contributed by atoms with Crippen molar-refractivity contribution in [2.45, 2.75) is 97.8 Å². The topological polar surface area (TPSA) is 115 Å². The average Bonchev–Trinajstić information content (AvgIpc) is 3.57. The Morgan fingerprint density at radius 2 is 1.77 bits per heavy atom. The van der Waals surface area contributed by atoms with Crippen molar-refractivity contribution in [3.05, 3.63) is 68.7 Å². The van der Waals surface area contributed by atoms with E-state index in [0.717, 1.165) is 10.1 Å². The van der Waals surface area contributed by atoms with Crippen molar-refractivity contribution >= 4 is 35.8 Å². The number of hydrogen-bond acceptors (Lipinski definition) is 9. The summed E-state index contributed by atoms with van der Waals surface area (Å²) in [5.74, 6) is 0.316. The van der Waals surface area contributed by atoms with Crippen LogP contribution in [0, 0.1) is 6.92 Å². The predicted molar refractivity (Wildman–Crippen MR) is 175 cm³/mol. The molecule has 0 unspecified atom stereocenters. The number of rotatable bonds is 10. The maximum Gasteiger partial charge on any atom is 0.333 e. The molecule has 3 heterocycles. The molecule has 12 heteroatoms. The Kier molecular flexibility index (Phi) is 9.21. The molecule has 44 heavy (non-hydrogen) atoms. The fourth-order valence-corrected chi connectivity index (χ4v) is 7.04. The van der Waals surface area contributed by atoms with Crippen LogP contribution in [0.3, 0.4) is 0 Å². The molecule has 0 aliphatic heterocycles. The monoisotopic (exact) mass is 641 g/mol. The number of carbonyl (C=O) groups is 1. The molecule has 0 N–H and O–H groups in total. The van der Waals surface area contributed by atoms with E-state index in [0.29, 0.717) is 32.3 Å². The summed E-state index contributed by atoms with van der Waals surface area (Å²) in [6, 6.07) is 7.47. The van der Waals surface area contributed by atoms with Gasteiger partial charge in [0.2, 0.25) is 5.89 Å². The third-order valence-electron chi connectivity index (χ3n) is 8.32. The molecule has 0 amide bonds. The molecule has 0 radical (unpaired) electrons. The van der Waals surface area contributed by atoms with E-state index in [1.54, 1.807) is 27.9 Å². The molecule has 0 spiro atoms. The van der Waals surface area contributed by atoms with Crippen molar-refractivity contribution in [1.29, 1.82) is 0 Å². The number of nitrogens with zero attached hydrogens (tertiary/aromatic N) is 3. The fourth-order valence-electron chi connectivity index (χ4n) is 4.78. The maximum atomic E-state index is 14.5. The highest BCUT2D eigenvalue weighted by Gasteiger charge is 2.45. The van der Waals surface area contributed by atoms with Crippen LogP contribution in [0.1, 0.15) is 65.7 Å². The minimum Gasteiger partial charge on any atom is -0.517 e. The van der Waals surface area contributed by atoms with Crippen LogP contribution in [-0.4, -0.2) is 41.6 Å². The molecule has 10 nitrogen and oxygen atoms in total. The van der Waals surface area contributed by atoms with Gasteiger partial charge >= 0.3 is 11.7 Å². The number of fused-ring (bicyclic) bond motifs is 1. The highest BCUT2D eigenvalue weighted by Crippen LogP contribution is 2.39. The van der Waals surface area contributed by atoms with Gasteiger partial charge in [0.05, 0.1) is 36.2 Å². The Bertz CT molecular complexity index is 1780. The zero-order valence-corrected chi connectivity index (χ0v) is 29.3. The van der Waals surface area contributed by atoms with Crippen LogP contribution in [0.2, 0.25) is 18.1 Å². The van der Waals surface area contributed by atoms with Crippen molar-refractivity contribution in [3.63, 3.8) is 0 Å². The number of methoxy groups -OCH3 is 1. The van der Waals surface area contributed by atoms with Gasteiger partial charge in [-0.15, -0.1) is 11.3 Å². The number of thiophene rings is 1. The van der Waals surface area contributed by atoms with Crippen LogP contribution in [-0.2, 0) is 26.0 Å². The maximum absolute atomic E-state index is 14.5. The number of benzene rings is 1. The van der Waals surface area contributed by atoms with Gasteiger partial charge in [0.1, 0.15) is 28.5 Å². The van der Waals surface area contributed by atoms with Gasteiger partial charge in [-0.2, -0.15) is 0 Å². The summed E-state index contributed by atoms with van der Waals surface area (Å²) in [6.45, 7) is 18.8. The van der Waals surface area contributed by atoms with E-state index in [1.807, 2.05) is 72.0 Å². The smallest absolute Gasteiger partial charge is 0.333 e. The minimum atomic E-state index is -2.58. The van der Waals surface area contributed by atoms with Gasteiger partial charge in [-0.05, 0) is 64.4 Å². The summed E-state index contributed by atoms with van der Waals surface area (Å²) in [6.07, 6.45) is 2.18. The number of para-hydroxylation sites is 1. The first-order chi connectivity index (χ1) is 20.4. The highest BCUT2D eigenvalue weighted by molar-refractivity contribution is 7.22. The lowest BCUT2D eigenvalue weighted by Crippen LogP contribution is -2.56. The van der Waals surface area contributed by atoms with Gasteiger partial charge in [0.15, 0.2) is 0 Å². The molecule has 0 saturated carbocycles. The first-order valence-corrected chi connectivity index (χ1v) is 18.4. The first-order valence-electron chi connectivity index (χ1n) is 14.6. The van der Waals surface area contributed by atoms with Crippen LogP contribution in [0.25, 0.3) is 21.0 Å². The Morgan fingerprint density at radius 1 is 1.11 bits per heavy atom. The number of aromatic nitrogens is 3. The minimum absolute atomic E-state index is 0.0481. The highest BCUT2D eigenvalue weighted by atomic mass is 32.1. The number of hydrogen-bond donors (Lipinski definition) is 0. The molecular formula is C32H43N3O7SSi. The standard InChI is InChI=1S/C32H43N3O7SSi/c1-19(2)41-23(21-14-12-13-15-22(21)39-9)18-34-28-24(20(3)25(43-28)26-33-16-17-40-26)27(36)35(30(34)38)32(7,8)29(37)42-44(10,11)31(4,5)6/h12-17,19,23H,18H2,1-11H3/t23-/m1/s1. The van der Waals surface area contributed by atoms with Crippen molar-refractivity contribution in [2.75, 3.05) is 7.11 Å². The Labute approximate surface area is 262 Å². The van der Waals surface area contributed by atoms with E-state index in [4.69, 9.17) is 18.3 Å². The molecule has 1 atom stereocenters. The summed E-state index contributed by atoms with van der Waals surface area (Å²) >= 11 is 1.24. The molecule has 0 aliphatic rings. The summed E-state index contributed by atoms with van der Waals surface area (Å²) in [4.78, 5) is 48.1. The number of oxazole rings is 1. The number of ether oxygens (including phenoxy) is 2. The third-order valence-corrected chi connectivity index (χ3v) is 13.9. The van der Waals surface area contributed by atoms with Gasteiger partial charge < -0.3 is 18.3 Å². The van der Waals surface area contributed by atoms with Gasteiger partial charge in [-0.25, -0.2) is 14.3 Å². The second-order valence-corrected chi connectivity index (χ2v) is 19.0. The summed E-state index contributed by atoms with van der Waals surface area (Å²) < 4.78 is 26.3. The Hall–Kier alpha value is -3.48. The normalized spacial score (nSPS) is 13.5. The van der Waals surface area contributed by atoms with Crippen molar-refractivity contribution < 1.29 is 23.1 Å². The van der Waals surface area contributed by atoms with Crippen LogP contribution in [0.5, 0.6) is 5.75 Å². The van der Waals surface area contributed by atoms with Crippen molar-refractivity contribution in [2.24, 2.45) is 0 Å². The molecular weight excluding hydrogens is 599 g/mol. The van der Waals surface area contributed by atoms with Crippen LogP contribution < -0.4 is 16.0 Å². The van der Waals surface area contributed by atoms with Crippen molar-refractivity contribution in [1.82, 2.24) is 14.1 Å². The van der Waals surface area contributed by atoms with Crippen LogP contribution in [0.4, 0.5) is 0 Å². The SMILES string of the molecule is COc1ccccc1[C@@H](Cn1c(=O)n(C(C)(C)C(=O)O[Si](C)(C)C(C)(C)C)c(=O)c2c(C)c(-c3ncco3)sc21)OC(C)C. The van der Waals surface area contributed by atoms with Gasteiger partial charge in [-0.3, -0.25) is 14.2 Å². The lowest BCUT2D eigenvalue weighted by atomic mass is 10.0. The first kappa shape index (κ1) is 33.4. The Balaban J connectivity index is 2.02. The van der Waals surface area contributed by atoms with E-state index in [1.165, 1.54) is 28.4 Å².